The third-order valence-electron chi connectivity index (χ3n) is 2.00. The highest BCUT2D eigenvalue weighted by Crippen LogP contribution is 2.20. The zero-order valence-electron chi connectivity index (χ0n) is 9.29. The van der Waals surface area contributed by atoms with Gasteiger partial charge in [0.2, 0.25) is 5.13 Å². The topological polar surface area (TPSA) is 84.8 Å². The van der Waals surface area contributed by atoms with Crippen molar-refractivity contribution < 1.29 is 8.42 Å². The molecule has 0 atom stereocenters. The normalized spacial score (nSPS) is 11.4. The van der Waals surface area contributed by atoms with Crippen LogP contribution in [0.15, 0.2) is 23.2 Å². The highest BCUT2D eigenvalue weighted by atomic mass is 35.5. The number of aryl methyl sites for hydroxylation is 1. The zero-order chi connectivity index (χ0) is 13.2. The van der Waals surface area contributed by atoms with Crippen molar-refractivity contribution >= 4 is 38.1 Å². The second kappa shape index (κ2) is 5.17. The van der Waals surface area contributed by atoms with Crippen LogP contribution in [0.5, 0.6) is 0 Å². The van der Waals surface area contributed by atoms with Gasteiger partial charge in [0.1, 0.15) is 10.2 Å². The smallest absolute Gasteiger partial charge is 0.253 e. The molecule has 0 amide bonds. The number of rotatable bonds is 4. The van der Waals surface area contributed by atoms with Gasteiger partial charge >= 0.3 is 0 Å². The van der Waals surface area contributed by atoms with Crippen LogP contribution in [0, 0.1) is 0 Å². The van der Waals surface area contributed by atoms with E-state index in [-0.39, 0.29) is 15.2 Å². The molecule has 0 aliphatic heterocycles. The van der Waals surface area contributed by atoms with Crippen LogP contribution in [0.4, 0.5) is 5.13 Å². The summed E-state index contributed by atoms with van der Waals surface area (Å²) in [4.78, 5) is 3.76. The van der Waals surface area contributed by atoms with Crippen LogP contribution in [-0.4, -0.2) is 23.6 Å². The molecule has 0 spiro atoms. The first-order valence-corrected chi connectivity index (χ1v) is 7.66. The predicted octanol–water partition coefficient (Wildman–Crippen LogP) is 1.95. The van der Waals surface area contributed by atoms with Crippen LogP contribution in [0.1, 0.15) is 11.9 Å². The molecule has 2 aromatic heterocycles. The minimum Gasteiger partial charge on any atom is -0.253 e. The second-order valence-electron chi connectivity index (χ2n) is 3.27. The van der Waals surface area contributed by atoms with Gasteiger partial charge in [-0.3, -0.25) is 4.72 Å². The van der Waals surface area contributed by atoms with Crippen LogP contribution in [0.3, 0.4) is 0 Å². The van der Waals surface area contributed by atoms with Crippen molar-refractivity contribution in [3.63, 3.8) is 0 Å². The van der Waals surface area contributed by atoms with Gasteiger partial charge in [0.25, 0.3) is 10.0 Å². The summed E-state index contributed by atoms with van der Waals surface area (Å²) >= 11 is 6.85. The molecule has 18 heavy (non-hydrogen) atoms. The first kappa shape index (κ1) is 13.2. The lowest BCUT2D eigenvalue weighted by atomic mass is 10.5. The summed E-state index contributed by atoms with van der Waals surface area (Å²) in [6, 6.07) is 2.63. The second-order valence-corrected chi connectivity index (χ2v) is 6.41. The van der Waals surface area contributed by atoms with E-state index in [1.165, 1.54) is 29.7 Å². The minimum absolute atomic E-state index is 0.0377. The number of hydrogen-bond acceptors (Lipinski definition) is 6. The van der Waals surface area contributed by atoms with Crippen molar-refractivity contribution in [1.29, 1.82) is 0 Å². The van der Waals surface area contributed by atoms with Crippen molar-refractivity contribution in [2.75, 3.05) is 4.72 Å². The number of pyridine rings is 1. The number of hydrogen-bond donors (Lipinski definition) is 1. The Morgan fingerprint density at radius 1 is 1.44 bits per heavy atom. The Balaban J connectivity index is 2.27. The molecule has 1 N–H and O–H groups in total. The Morgan fingerprint density at radius 3 is 2.83 bits per heavy atom. The van der Waals surface area contributed by atoms with Gasteiger partial charge < -0.3 is 0 Å². The SMILES string of the molecule is CCc1nnc(NS(=O)(=O)c2ccnc(Cl)c2)s1. The summed E-state index contributed by atoms with van der Waals surface area (Å²) in [5.41, 5.74) is 0. The molecule has 2 heterocycles. The number of halogens is 1. The van der Waals surface area contributed by atoms with Gasteiger partial charge in [-0.1, -0.05) is 29.9 Å². The zero-order valence-corrected chi connectivity index (χ0v) is 11.7. The van der Waals surface area contributed by atoms with Crippen molar-refractivity contribution in [1.82, 2.24) is 15.2 Å². The maximum Gasteiger partial charge on any atom is 0.263 e. The summed E-state index contributed by atoms with van der Waals surface area (Å²) in [6.07, 6.45) is 2.04. The van der Waals surface area contributed by atoms with E-state index in [1.807, 2.05) is 6.92 Å². The molecule has 0 radical (unpaired) electrons. The molecule has 2 rings (SSSR count). The van der Waals surface area contributed by atoms with E-state index in [0.29, 0.717) is 6.42 Å². The molecule has 0 aliphatic rings. The maximum absolute atomic E-state index is 12.0. The molecular formula is C9H9ClN4O2S2. The number of nitrogens with one attached hydrogen (secondary N) is 1. The average Bonchev–Trinajstić information content (AvgIpc) is 2.76. The minimum atomic E-state index is -3.70. The molecule has 9 heteroatoms. The quantitative estimate of drug-likeness (QED) is 0.873. The van der Waals surface area contributed by atoms with Crippen molar-refractivity contribution in [2.24, 2.45) is 0 Å². The fourth-order valence-electron chi connectivity index (χ4n) is 1.16. The maximum atomic E-state index is 12.0. The van der Waals surface area contributed by atoms with E-state index in [2.05, 4.69) is 19.9 Å². The van der Waals surface area contributed by atoms with Gasteiger partial charge in [-0.05, 0) is 18.6 Å². The van der Waals surface area contributed by atoms with Crippen molar-refractivity contribution in [3.8, 4) is 0 Å². The lowest BCUT2D eigenvalue weighted by molar-refractivity contribution is 0.601. The molecular weight excluding hydrogens is 296 g/mol. The first-order chi connectivity index (χ1) is 8.51. The molecule has 0 aromatic carbocycles. The van der Waals surface area contributed by atoms with Crippen LogP contribution in [-0.2, 0) is 16.4 Å². The molecule has 0 bridgehead atoms. The monoisotopic (exact) mass is 304 g/mol. The Bertz CT molecular complexity index is 656. The summed E-state index contributed by atoms with van der Waals surface area (Å²) in [5.74, 6) is 0. The largest absolute Gasteiger partial charge is 0.263 e. The van der Waals surface area contributed by atoms with Gasteiger partial charge in [-0.2, -0.15) is 0 Å². The molecule has 0 aliphatic carbocycles. The number of aromatic nitrogens is 3. The number of sulfonamides is 1. The molecule has 0 saturated carbocycles. The summed E-state index contributed by atoms with van der Waals surface area (Å²) < 4.78 is 26.3. The summed E-state index contributed by atoms with van der Waals surface area (Å²) in [7, 11) is -3.70. The van der Waals surface area contributed by atoms with Crippen LogP contribution < -0.4 is 4.72 Å². The standard InChI is InChI=1S/C9H9ClN4O2S2/c1-2-8-12-13-9(17-8)14-18(15,16)6-3-4-11-7(10)5-6/h3-5H,2H2,1H3,(H,13,14). The van der Waals surface area contributed by atoms with E-state index < -0.39 is 10.0 Å². The van der Waals surface area contributed by atoms with Gasteiger partial charge in [-0.25, -0.2) is 13.4 Å². The Hall–Kier alpha value is -1.25. The van der Waals surface area contributed by atoms with E-state index >= 15 is 0 Å². The molecule has 0 saturated heterocycles. The lowest BCUT2D eigenvalue weighted by Crippen LogP contribution is -2.12. The van der Waals surface area contributed by atoms with Crippen molar-refractivity contribution in [2.45, 2.75) is 18.2 Å². The molecule has 96 valence electrons. The Morgan fingerprint density at radius 2 is 2.22 bits per heavy atom. The first-order valence-electron chi connectivity index (χ1n) is 4.98. The number of nitrogens with zero attached hydrogens (tertiary/aromatic N) is 3. The third kappa shape index (κ3) is 2.95. The average molecular weight is 305 g/mol. The number of anilines is 1. The predicted molar refractivity (Wildman–Crippen MR) is 69.3 cm³/mol. The molecule has 0 fully saturated rings. The Labute approximate surface area is 113 Å². The fraction of sp³-hybridized carbons (Fsp3) is 0.222. The Kier molecular flexibility index (Phi) is 3.79. The lowest BCUT2D eigenvalue weighted by Gasteiger charge is -2.04. The van der Waals surface area contributed by atoms with Crippen LogP contribution in [0.25, 0.3) is 0 Å². The highest BCUT2D eigenvalue weighted by Gasteiger charge is 2.17. The van der Waals surface area contributed by atoms with Gasteiger partial charge in [0.15, 0.2) is 0 Å². The fourth-order valence-corrected chi connectivity index (χ4v) is 3.32. The van der Waals surface area contributed by atoms with Gasteiger partial charge in [0.05, 0.1) is 4.90 Å². The molecule has 0 unspecified atom stereocenters. The van der Waals surface area contributed by atoms with Crippen molar-refractivity contribution in [3.05, 3.63) is 28.5 Å². The third-order valence-corrected chi connectivity index (χ3v) is 4.65. The van der Waals surface area contributed by atoms with Crippen LogP contribution >= 0.6 is 22.9 Å². The van der Waals surface area contributed by atoms with Crippen LogP contribution in [0.2, 0.25) is 5.15 Å². The van der Waals surface area contributed by atoms with Gasteiger partial charge in [-0.15, -0.1) is 10.2 Å². The van der Waals surface area contributed by atoms with E-state index in [9.17, 15) is 8.42 Å². The summed E-state index contributed by atoms with van der Waals surface area (Å²) in [5, 5.41) is 8.70. The summed E-state index contributed by atoms with van der Waals surface area (Å²) in [6.45, 7) is 1.92. The van der Waals surface area contributed by atoms with Gasteiger partial charge in [0, 0.05) is 6.20 Å². The van der Waals surface area contributed by atoms with E-state index in [1.54, 1.807) is 0 Å². The molecule has 6 nitrogen and oxygen atoms in total. The van der Waals surface area contributed by atoms with E-state index in [0.717, 1.165) is 5.01 Å². The molecule has 2 aromatic rings. The van der Waals surface area contributed by atoms with E-state index in [4.69, 9.17) is 11.6 Å². The highest BCUT2D eigenvalue weighted by molar-refractivity contribution is 7.93.